The van der Waals surface area contributed by atoms with Gasteiger partial charge in [-0.3, -0.25) is 4.90 Å². The zero-order chi connectivity index (χ0) is 13.8. The van der Waals surface area contributed by atoms with Crippen molar-refractivity contribution in [3.05, 3.63) is 25.0 Å². The van der Waals surface area contributed by atoms with Crippen LogP contribution in [0, 0.1) is 0 Å². The monoisotopic (exact) mass is 266 g/mol. The van der Waals surface area contributed by atoms with Gasteiger partial charge in [-0.15, -0.1) is 5.10 Å². The van der Waals surface area contributed by atoms with E-state index in [2.05, 4.69) is 16.9 Å². The van der Waals surface area contributed by atoms with Gasteiger partial charge in [0, 0.05) is 19.2 Å². The predicted molar refractivity (Wildman–Crippen MR) is 63.4 cm³/mol. The second kappa shape index (κ2) is 5.51. The van der Waals surface area contributed by atoms with Gasteiger partial charge in [-0.05, 0) is 0 Å². The highest BCUT2D eigenvalue weighted by Gasteiger charge is 2.41. The number of rotatable bonds is 4. The molecule has 0 aromatic carbocycles. The Bertz CT molecular complexity index is 473. The van der Waals surface area contributed by atoms with Crippen molar-refractivity contribution in [3.63, 3.8) is 0 Å². The highest BCUT2D eigenvalue weighted by Crippen LogP contribution is 2.27. The van der Waals surface area contributed by atoms with Crippen molar-refractivity contribution in [1.82, 2.24) is 19.9 Å². The smallest absolute Gasteiger partial charge is 0.410 e. The summed E-state index contributed by atoms with van der Waals surface area (Å²) in [4.78, 5) is 24.2. The number of carboxylic acid groups (broad SMARTS) is 1. The Morgan fingerprint density at radius 3 is 2.95 bits per heavy atom. The van der Waals surface area contributed by atoms with Crippen LogP contribution in [0.15, 0.2) is 25.0 Å². The van der Waals surface area contributed by atoms with Crippen LogP contribution in [0.4, 0.5) is 4.79 Å². The second-order valence-electron chi connectivity index (χ2n) is 4.14. The van der Waals surface area contributed by atoms with E-state index >= 15 is 0 Å². The van der Waals surface area contributed by atoms with E-state index in [0.29, 0.717) is 0 Å². The number of hydrogen-bond acceptors (Lipinski definition) is 5. The quantitative estimate of drug-likeness (QED) is 0.787. The maximum atomic E-state index is 11.8. The van der Waals surface area contributed by atoms with Gasteiger partial charge in [-0.2, -0.15) is 0 Å². The molecule has 1 amide bonds. The Kier molecular flexibility index (Phi) is 3.79. The third-order valence-corrected chi connectivity index (χ3v) is 2.94. The highest BCUT2D eigenvalue weighted by atomic mass is 16.6. The van der Waals surface area contributed by atoms with E-state index in [1.807, 2.05) is 0 Å². The summed E-state index contributed by atoms with van der Waals surface area (Å²) in [7, 11) is 0. The molecule has 1 aromatic rings. The summed E-state index contributed by atoms with van der Waals surface area (Å²) in [6, 6.07) is -1.12. The standard InChI is InChI=1S/C11H14N4O4/c1-2-5-19-11(18)14-7-8(6-9(14)10(16)17)15-4-3-12-13-15/h2-4,8-9H,1,5-7H2,(H,16,17)/t8-,9-/m0/s1. The molecule has 8 nitrogen and oxygen atoms in total. The fourth-order valence-electron chi connectivity index (χ4n) is 2.07. The minimum absolute atomic E-state index is 0.0513. The lowest BCUT2D eigenvalue weighted by atomic mass is 10.2. The predicted octanol–water partition coefficient (Wildman–Crippen LogP) is 0.301. The molecule has 0 aliphatic carbocycles. The molecule has 102 valence electrons. The molecule has 1 fully saturated rings. The van der Waals surface area contributed by atoms with E-state index < -0.39 is 18.1 Å². The molecular weight excluding hydrogens is 252 g/mol. The first-order valence-corrected chi connectivity index (χ1v) is 5.76. The average Bonchev–Trinajstić information content (AvgIpc) is 3.03. The average molecular weight is 266 g/mol. The molecule has 2 heterocycles. The summed E-state index contributed by atoms with van der Waals surface area (Å²) in [6.07, 6.45) is 4.20. The lowest BCUT2D eigenvalue weighted by Gasteiger charge is -2.20. The molecule has 2 rings (SSSR count). The van der Waals surface area contributed by atoms with Gasteiger partial charge in [-0.25, -0.2) is 14.3 Å². The Morgan fingerprint density at radius 2 is 2.37 bits per heavy atom. The second-order valence-corrected chi connectivity index (χ2v) is 4.14. The van der Waals surface area contributed by atoms with Crippen molar-refractivity contribution in [2.75, 3.05) is 13.2 Å². The number of carbonyl (C=O) groups is 2. The highest BCUT2D eigenvalue weighted by molar-refractivity contribution is 5.80. The number of aliphatic carboxylic acids is 1. The van der Waals surface area contributed by atoms with Gasteiger partial charge < -0.3 is 9.84 Å². The Labute approximate surface area is 109 Å². The molecule has 0 saturated carbocycles. The molecule has 1 aliphatic heterocycles. The van der Waals surface area contributed by atoms with Crippen molar-refractivity contribution in [1.29, 1.82) is 0 Å². The van der Waals surface area contributed by atoms with E-state index in [1.54, 1.807) is 10.9 Å². The van der Waals surface area contributed by atoms with Crippen LogP contribution in [0.5, 0.6) is 0 Å². The summed E-state index contributed by atoms with van der Waals surface area (Å²) in [5.74, 6) is -1.06. The zero-order valence-corrected chi connectivity index (χ0v) is 10.2. The number of carbonyl (C=O) groups excluding carboxylic acids is 1. The van der Waals surface area contributed by atoms with Crippen LogP contribution in [0.3, 0.4) is 0 Å². The molecule has 0 spiro atoms. The minimum Gasteiger partial charge on any atom is -0.480 e. The first-order valence-electron chi connectivity index (χ1n) is 5.76. The van der Waals surface area contributed by atoms with Crippen molar-refractivity contribution < 1.29 is 19.4 Å². The lowest BCUT2D eigenvalue weighted by molar-refractivity contribution is -0.141. The molecule has 0 radical (unpaired) electrons. The van der Waals surface area contributed by atoms with Gasteiger partial charge >= 0.3 is 12.1 Å². The largest absolute Gasteiger partial charge is 0.480 e. The number of hydrogen-bond donors (Lipinski definition) is 1. The van der Waals surface area contributed by atoms with Gasteiger partial charge in [0.2, 0.25) is 0 Å². The minimum atomic E-state index is -1.06. The molecule has 2 atom stereocenters. The Balaban J connectivity index is 2.10. The van der Waals surface area contributed by atoms with Crippen LogP contribution in [0.25, 0.3) is 0 Å². The molecule has 1 aromatic heterocycles. The molecule has 0 bridgehead atoms. The van der Waals surface area contributed by atoms with Crippen molar-refractivity contribution in [3.8, 4) is 0 Å². The van der Waals surface area contributed by atoms with E-state index in [-0.39, 0.29) is 25.6 Å². The number of likely N-dealkylation sites (tertiary alicyclic amines) is 1. The fourth-order valence-corrected chi connectivity index (χ4v) is 2.07. The lowest BCUT2D eigenvalue weighted by Crippen LogP contribution is -2.40. The normalized spacial score (nSPS) is 22.2. The number of nitrogens with zero attached hydrogens (tertiary/aromatic N) is 4. The summed E-state index contributed by atoms with van der Waals surface area (Å²) < 4.78 is 6.43. The van der Waals surface area contributed by atoms with Crippen LogP contribution < -0.4 is 0 Å². The van der Waals surface area contributed by atoms with Crippen molar-refractivity contribution in [2.24, 2.45) is 0 Å². The number of carboxylic acids is 1. The summed E-state index contributed by atoms with van der Waals surface area (Å²) in [5.41, 5.74) is 0. The van der Waals surface area contributed by atoms with Crippen LogP contribution in [0.2, 0.25) is 0 Å². The SMILES string of the molecule is C=CCOC(=O)N1C[C@@H](n2ccnn2)C[C@H]1C(=O)O. The zero-order valence-electron chi connectivity index (χ0n) is 10.2. The van der Waals surface area contributed by atoms with Gasteiger partial charge in [0.25, 0.3) is 0 Å². The Morgan fingerprint density at radius 1 is 1.58 bits per heavy atom. The molecule has 1 N–H and O–H groups in total. The van der Waals surface area contributed by atoms with Gasteiger partial charge in [0.15, 0.2) is 0 Å². The van der Waals surface area contributed by atoms with Crippen molar-refractivity contribution in [2.45, 2.75) is 18.5 Å². The molecule has 1 aliphatic rings. The maximum absolute atomic E-state index is 11.8. The first-order chi connectivity index (χ1) is 9.13. The number of aromatic nitrogens is 3. The number of ether oxygens (including phenoxy) is 1. The van der Waals surface area contributed by atoms with Crippen LogP contribution in [-0.2, 0) is 9.53 Å². The van der Waals surface area contributed by atoms with Gasteiger partial charge in [0.05, 0.1) is 12.2 Å². The fraction of sp³-hybridized carbons (Fsp3) is 0.455. The third-order valence-electron chi connectivity index (χ3n) is 2.94. The van der Waals surface area contributed by atoms with E-state index in [4.69, 9.17) is 9.84 Å². The van der Waals surface area contributed by atoms with Crippen LogP contribution in [0.1, 0.15) is 12.5 Å². The molecule has 0 unspecified atom stereocenters. The van der Waals surface area contributed by atoms with Gasteiger partial charge in [-0.1, -0.05) is 17.9 Å². The third kappa shape index (κ3) is 2.72. The first kappa shape index (κ1) is 13.1. The van der Waals surface area contributed by atoms with Gasteiger partial charge in [0.1, 0.15) is 12.6 Å². The summed E-state index contributed by atoms with van der Waals surface area (Å²) >= 11 is 0. The Hall–Kier alpha value is -2.38. The maximum Gasteiger partial charge on any atom is 0.410 e. The van der Waals surface area contributed by atoms with E-state index in [0.717, 1.165) is 0 Å². The molecule has 1 saturated heterocycles. The molecule has 8 heteroatoms. The summed E-state index contributed by atoms with van der Waals surface area (Å²) in [6.45, 7) is 3.72. The van der Waals surface area contributed by atoms with Crippen molar-refractivity contribution >= 4 is 12.1 Å². The van der Waals surface area contributed by atoms with E-state index in [9.17, 15) is 9.59 Å². The number of amides is 1. The molecular formula is C11H14N4O4. The topological polar surface area (TPSA) is 97.5 Å². The van der Waals surface area contributed by atoms with Crippen LogP contribution >= 0.6 is 0 Å². The molecule has 19 heavy (non-hydrogen) atoms. The summed E-state index contributed by atoms with van der Waals surface area (Å²) in [5, 5.41) is 16.7. The van der Waals surface area contributed by atoms with E-state index in [1.165, 1.54) is 17.2 Å². The van der Waals surface area contributed by atoms with Crippen LogP contribution in [-0.4, -0.2) is 56.3 Å².